The number of aliphatic hydroxyl groups is 1. The second-order valence-electron chi connectivity index (χ2n) is 3.94. The van der Waals surface area contributed by atoms with Gasteiger partial charge in [-0.15, -0.1) is 0 Å². The molecule has 1 aromatic carbocycles. The molecule has 0 bridgehead atoms. The van der Waals surface area contributed by atoms with Gasteiger partial charge in [-0.3, -0.25) is 0 Å². The summed E-state index contributed by atoms with van der Waals surface area (Å²) in [6.07, 6.45) is 1.58. The average Bonchev–Trinajstić information content (AvgIpc) is 2.29. The van der Waals surface area contributed by atoms with Gasteiger partial charge in [-0.2, -0.15) is 0 Å². The number of benzene rings is 1. The molecule has 0 amide bonds. The van der Waals surface area contributed by atoms with Gasteiger partial charge in [0.25, 0.3) is 0 Å². The Morgan fingerprint density at radius 3 is 2.93 bits per heavy atom. The molecule has 1 aliphatic rings. The maximum absolute atomic E-state index is 10.1. The zero-order valence-corrected chi connectivity index (χ0v) is 9.16. The first-order chi connectivity index (χ1) is 7.26. The standard InChI is InChI=1S/C12H17NO2/c1-13-11-6-4-8-3-5-9(15-2)7-10(8)12(11)14/h3,5,7,11-14H,4,6H2,1-2H3. The molecule has 15 heavy (non-hydrogen) atoms. The fraction of sp³-hybridized carbons (Fsp3) is 0.500. The first-order valence-electron chi connectivity index (χ1n) is 5.28. The van der Waals surface area contributed by atoms with Crippen molar-refractivity contribution in [3.8, 4) is 5.75 Å². The second kappa shape index (κ2) is 4.21. The highest BCUT2D eigenvalue weighted by atomic mass is 16.5. The van der Waals surface area contributed by atoms with Crippen LogP contribution in [0.4, 0.5) is 0 Å². The predicted octanol–water partition coefficient (Wildman–Crippen LogP) is 1.26. The van der Waals surface area contributed by atoms with Crippen LogP contribution >= 0.6 is 0 Å². The Bertz CT molecular complexity index is 351. The van der Waals surface area contributed by atoms with Gasteiger partial charge in [0.1, 0.15) is 5.75 Å². The molecule has 2 rings (SSSR count). The van der Waals surface area contributed by atoms with E-state index in [9.17, 15) is 5.11 Å². The van der Waals surface area contributed by atoms with E-state index < -0.39 is 6.10 Å². The van der Waals surface area contributed by atoms with E-state index in [1.54, 1.807) is 7.11 Å². The van der Waals surface area contributed by atoms with Gasteiger partial charge in [-0.25, -0.2) is 0 Å². The molecule has 0 heterocycles. The maximum atomic E-state index is 10.1. The summed E-state index contributed by atoms with van der Waals surface area (Å²) < 4.78 is 5.17. The van der Waals surface area contributed by atoms with Gasteiger partial charge in [-0.05, 0) is 43.1 Å². The van der Waals surface area contributed by atoms with Gasteiger partial charge >= 0.3 is 0 Å². The SMILES string of the molecule is CNC1CCc2ccc(OC)cc2C1O. The molecule has 2 atom stereocenters. The molecule has 0 aromatic heterocycles. The Kier molecular flexibility index (Phi) is 2.93. The van der Waals surface area contributed by atoms with Crippen molar-refractivity contribution in [1.29, 1.82) is 0 Å². The van der Waals surface area contributed by atoms with E-state index >= 15 is 0 Å². The Labute approximate surface area is 90.1 Å². The van der Waals surface area contributed by atoms with Crippen LogP contribution < -0.4 is 10.1 Å². The van der Waals surface area contributed by atoms with Crippen LogP contribution in [0, 0.1) is 0 Å². The van der Waals surface area contributed by atoms with Crippen molar-refractivity contribution in [3.05, 3.63) is 29.3 Å². The lowest BCUT2D eigenvalue weighted by atomic mass is 9.86. The van der Waals surface area contributed by atoms with Crippen LogP contribution in [-0.4, -0.2) is 25.3 Å². The van der Waals surface area contributed by atoms with Crippen molar-refractivity contribution in [2.45, 2.75) is 25.0 Å². The van der Waals surface area contributed by atoms with Crippen LogP contribution in [0.25, 0.3) is 0 Å². The lowest BCUT2D eigenvalue weighted by Crippen LogP contribution is -2.35. The number of likely N-dealkylation sites (N-methyl/N-ethyl adjacent to an activating group) is 1. The number of aryl methyl sites for hydroxylation is 1. The second-order valence-corrected chi connectivity index (χ2v) is 3.94. The molecule has 1 aliphatic carbocycles. The van der Waals surface area contributed by atoms with Gasteiger partial charge in [0.05, 0.1) is 13.2 Å². The van der Waals surface area contributed by atoms with E-state index in [0.29, 0.717) is 0 Å². The number of hydrogen-bond acceptors (Lipinski definition) is 3. The molecule has 0 aliphatic heterocycles. The molecule has 0 radical (unpaired) electrons. The number of aliphatic hydroxyl groups excluding tert-OH is 1. The van der Waals surface area contributed by atoms with Crippen LogP contribution in [0.3, 0.4) is 0 Å². The van der Waals surface area contributed by atoms with E-state index in [0.717, 1.165) is 24.2 Å². The molecule has 2 N–H and O–H groups in total. The summed E-state index contributed by atoms with van der Waals surface area (Å²) in [5.41, 5.74) is 2.23. The fourth-order valence-electron chi connectivity index (χ4n) is 2.19. The third kappa shape index (κ3) is 1.85. The highest BCUT2D eigenvalue weighted by Gasteiger charge is 2.26. The van der Waals surface area contributed by atoms with Crippen molar-refractivity contribution in [1.82, 2.24) is 5.32 Å². The van der Waals surface area contributed by atoms with Crippen LogP contribution in [0.5, 0.6) is 5.75 Å². The number of fused-ring (bicyclic) bond motifs is 1. The molecule has 0 saturated carbocycles. The first kappa shape index (κ1) is 10.5. The van der Waals surface area contributed by atoms with E-state index in [-0.39, 0.29) is 6.04 Å². The smallest absolute Gasteiger partial charge is 0.119 e. The third-order valence-corrected chi connectivity index (χ3v) is 3.15. The largest absolute Gasteiger partial charge is 0.497 e. The molecule has 0 spiro atoms. The number of ether oxygens (including phenoxy) is 1. The Morgan fingerprint density at radius 2 is 2.27 bits per heavy atom. The van der Waals surface area contributed by atoms with Gasteiger partial charge in [0.15, 0.2) is 0 Å². The monoisotopic (exact) mass is 207 g/mol. The minimum Gasteiger partial charge on any atom is -0.497 e. The lowest BCUT2D eigenvalue weighted by molar-refractivity contribution is 0.119. The van der Waals surface area contributed by atoms with Crippen LogP contribution in [0.15, 0.2) is 18.2 Å². The predicted molar refractivity (Wildman–Crippen MR) is 59.1 cm³/mol. The molecule has 3 heteroatoms. The molecule has 3 nitrogen and oxygen atoms in total. The summed E-state index contributed by atoms with van der Waals surface area (Å²) in [5, 5.41) is 13.3. The summed E-state index contributed by atoms with van der Waals surface area (Å²) in [4.78, 5) is 0. The lowest BCUT2D eigenvalue weighted by Gasteiger charge is -2.30. The van der Waals surface area contributed by atoms with Crippen LogP contribution in [0.1, 0.15) is 23.7 Å². The summed E-state index contributed by atoms with van der Waals surface area (Å²) in [7, 11) is 3.53. The summed E-state index contributed by atoms with van der Waals surface area (Å²) in [5.74, 6) is 0.810. The summed E-state index contributed by atoms with van der Waals surface area (Å²) >= 11 is 0. The highest BCUT2D eigenvalue weighted by molar-refractivity contribution is 5.39. The minimum absolute atomic E-state index is 0.157. The number of nitrogens with one attached hydrogen (secondary N) is 1. The summed E-state index contributed by atoms with van der Waals surface area (Å²) in [6.45, 7) is 0. The van der Waals surface area contributed by atoms with Crippen LogP contribution in [0.2, 0.25) is 0 Å². The first-order valence-corrected chi connectivity index (χ1v) is 5.28. The Morgan fingerprint density at radius 1 is 1.47 bits per heavy atom. The van der Waals surface area contributed by atoms with Crippen molar-refractivity contribution >= 4 is 0 Å². The topological polar surface area (TPSA) is 41.5 Å². The van der Waals surface area contributed by atoms with Gasteiger partial charge in [0, 0.05) is 6.04 Å². The third-order valence-electron chi connectivity index (χ3n) is 3.15. The zero-order chi connectivity index (χ0) is 10.8. The van der Waals surface area contributed by atoms with Gasteiger partial charge < -0.3 is 15.2 Å². The Balaban J connectivity index is 2.35. The number of hydrogen-bond donors (Lipinski definition) is 2. The molecule has 0 saturated heterocycles. The van der Waals surface area contributed by atoms with Gasteiger partial charge in [0.2, 0.25) is 0 Å². The van der Waals surface area contributed by atoms with Crippen molar-refractivity contribution in [2.75, 3.05) is 14.2 Å². The quantitative estimate of drug-likeness (QED) is 0.767. The molecular weight excluding hydrogens is 190 g/mol. The van der Waals surface area contributed by atoms with Crippen LogP contribution in [-0.2, 0) is 6.42 Å². The summed E-state index contributed by atoms with van der Waals surface area (Å²) in [6, 6.07) is 6.09. The molecule has 0 fully saturated rings. The van der Waals surface area contributed by atoms with E-state index in [4.69, 9.17) is 4.74 Å². The Hall–Kier alpha value is -1.06. The molecule has 1 aromatic rings. The molecule has 2 unspecified atom stereocenters. The van der Waals surface area contributed by atoms with Crippen molar-refractivity contribution < 1.29 is 9.84 Å². The number of methoxy groups -OCH3 is 1. The van der Waals surface area contributed by atoms with E-state index in [2.05, 4.69) is 5.32 Å². The zero-order valence-electron chi connectivity index (χ0n) is 9.16. The minimum atomic E-state index is -0.422. The van der Waals surface area contributed by atoms with Crippen molar-refractivity contribution in [3.63, 3.8) is 0 Å². The molecular formula is C12H17NO2. The normalized spacial score (nSPS) is 24.7. The maximum Gasteiger partial charge on any atom is 0.119 e. The molecule has 82 valence electrons. The highest BCUT2D eigenvalue weighted by Crippen LogP contribution is 2.32. The van der Waals surface area contributed by atoms with E-state index in [1.807, 2.05) is 25.2 Å². The number of rotatable bonds is 2. The fourth-order valence-corrected chi connectivity index (χ4v) is 2.19. The van der Waals surface area contributed by atoms with Crippen molar-refractivity contribution in [2.24, 2.45) is 0 Å². The van der Waals surface area contributed by atoms with E-state index in [1.165, 1.54) is 5.56 Å². The van der Waals surface area contributed by atoms with Gasteiger partial charge in [-0.1, -0.05) is 6.07 Å². The average molecular weight is 207 g/mol.